The van der Waals surface area contributed by atoms with Crippen molar-refractivity contribution in [1.82, 2.24) is 9.80 Å². The average molecular weight is 383 g/mol. The smallest absolute Gasteiger partial charge is 0.225 e. The molecule has 2 aliphatic rings. The summed E-state index contributed by atoms with van der Waals surface area (Å²) in [6.07, 6.45) is 2.14. The van der Waals surface area contributed by atoms with Gasteiger partial charge in [0.25, 0.3) is 0 Å². The van der Waals surface area contributed by atoms with E-state index in [9.17, 15) is 9.59 Å². The number of hydrogen-bond donors (Lipinski definition) is 0. The van der Waals surface area contributed by atoms with Gasteiger partial charge in [-0.05, 0) is 46.5 Å². The Kier molecular flexibility index (Phi) is 8.10. The van der Waals surface area contributed by atoms with Crippen molar-refractivity contribution in [2.24, 2.45) is 11.8 Å². The molecule has 0 aliphatic carbocycles. The molecule has 6 heteroatoms. The van der Waals surface area contributed by atoms with E-state index in [1.165, 1.54) is 0 Å². The fraction of sp³-hybridized carbons (Fsp3) is 0.905. The van der Waals surface area contributed by atoms with Gasteiger partial charge in [-0.3, -0.25) is 9.59 Å². The third kappa shape index (κ3) is 6.75. The van der Waals surface area contributed by atoms with Gasteiger partial charge < -0.3 is 19.3 Å². The first-order valence-corrected chi connectivity index (χ1v) is 10.5. The predicted octanol–water partition coefficient (Wildman–Crippen LogP) is 2.70. The highest BCUT2D eigenvalue weighted by Gasteiger charge is 2.32. The number of nitrogens with zero attached hydrogens (tertiary/aromatic N) is 2. The van der Waals surface area contributed by atoms with Crippen LogP contribution in [0, 0.1) is 11.8 Å². The molecule has 0 unspecified atom stereocenters. The first-order chi connectivity index (χ1) is 12.7. The summed E-state index contributed by atoms with van der Waals surface area (Å²) < 4.78 is 11.5. The fourth-order valence-corrected chi connectivity index (χ4v) is 4.36. The van der Waals surface area contributed by atoms with Gasteiger partial charge >= 0.3 is 0 Å². The Hall–Kier alpha value is -1.14. The van der Waals surface area contributed by atoms with Crippen LogP contribution in [0.5, 0.6) is 0 Å². The minimum Gasteiger partial charge on any atom is -0.372 e. The van der Waals surface area contributed by atoms with Gasteiger partial charge in [-0.15, -0.1) is 0 Å². The van der Waals surface area contributed by atoms with E-state index < -0.39 is 0 Å². The number of hydrogen-bond acceptors (Lipinski definition) is 4. The number of carbonyl (C=O) groups is 2. The molecule has 0 N–H and O–H groups in total. The molecule has 0 aromatic carbocycles. The van der Waals surface area contributed by atoms with Crippen LogP contribution in [0.3, 0.4) is 0 Å². The Morgan fingerprint density at radius 3 is 1.74 bits per heavy atom. The molecule has 156 valence electrons. The Balaban J connectivity index is 1.95. The van der Waals surface area contributed by atoms with Crippen LogP contribution in [0.1, 0.15) is 60.8 Å². The van der Waals surface area contributed by atoms with Gasteiger partial charge in [-0.2, -0.15) is 0 Å². The van der Waals surface area contributed by atoms with Crippen LogP contribution in [-0.4, -0.2) is 72.2 Å². The fourth-order valence-electron chi connectivity index (χ4n) is 4.36. The first kappa shape index (κ1) is 22.2. The highest BCUT2D eigenvalue weighted by Crippen LogP contribution is 2.23. The van der Waals surface area contributed by atoms with Crippen LogP contribution >= 0.6 is 0 Å². The van der Waals surface area contributed by atoms with E-state index in [2.05, 4.69) is 13.8 Å². The number of carbonyl (C=O) groups excluding carboxylic acids is 2. The van der Waals surface area contributed by atoms with Crippen LogP contribution in [0.25, 0.3) is 0 Å². The Labute approximate surface area is 164 Å². The highest BCUT2D eigenvalue weighted by molar-refractivity contribution is 5.81. The van der Waals surface area contributed by atoms with E-state index in [0.717, 1.165) is 6.42 Å². The second kappa shape index (κ2) is 9.87. The van der Waals surface area contributed by atoms with Crippen molar-refractivity contribution < 1.29 is 19.1 Å². The van der Waals surface area contributed by atoms with Gasteiger partial charge in [0.05, 0.1) is 24.4 Å². The van der Waals surface area contributed by atoms with E-state index in [-0.39, 0.29) is 42.1 Å². The van der Waals surface area contributed by atoms with Gasteiger partial charge in [0.2, 0.25) is 11.8 Å². The molecule has 2 aliphatic heterocycles. The Morgan fingerprint density at radius 2 is 1.30 bits per heavy atom. The SMILES string of the molecule is CC(C)C[C@H](CCC(=O)N1C[C@@H](C)O[C@@H](C)C1)C(=O)N1C[C@@H](C)O[C@@H](C)C1. The van der Waals surface area contributed by atoms with Crippen molar-refractivity contribution in [3.63, 3.8) is 0 Å². The van der Waals surface area contributed by atoms with E-state index >= 15 is 0 Å². The molecule has 6 nitrogen and oxygen atoms in total. The maximum atomic E-state index is 13.1. The lowest BCUT2D eigenvalue weighted by Gasteiger charge is -2.38. The lowest BCUT2D eigenvalue weighted by molar-refractivity contribution is -0.149. The zero-order chi connectivity index (χ0) is 20.1. The topological polar surface area (TPSA) is 59.1 Å². The molecule has 2 fully saturated rings. The van der Waals surface area contributed by atoms with Crippen molar-refractivity contribution in [3.05, 3.63) is 0 Å². The summed E-state index contributed by atoms with van der Waals surface area (Å²) in [5.74, 6) is 0.653. The summed E-state index contributed by atoms with van der Waals surface area (Å²) in [4.78, 5) is 29.7. The summed E-state index contributed by atoms with van der Waals surface area (Å²) >= 11 is 0. The predicted molar refractivity (Wildman–Crippen MR) is 105 cm³/mol. The van der Waals surface area contributed by atoms with Gasteiger partial charge in [-0.25, -0.2) is 0 Å². The lowest BCUT2D eigenvalue weighted by atomic mass is 9.91. The molecule has 2 saturated heterocycles. The first-order valence-electron chi connectivity index (χ1n) is 10.5. The average Bonchev–Trinajstić information content (AvgIpc) is 2.55. The zero-order valence-electron chi connectivity index (χ0n) is 17.9. The van der Waals surface area contributed by atoms with Crippen molar-refractivity contribution >= 4 is 11.8 Å². The standard InChI is InChI=1S/C21H38N2O4/c1-14(2)9-19(21(25)23-12-17(5)27-18(6)13-23)7-8-20(24)22-10-15(3)26-16(4)11-22/h14-19H,7-13H2,1-6H3/t15-,16+,17-,18+,19-/m0/s1. The third-order valence-corrected chi connectivity index (χ3v) is 5.32. The number of ether oxygens (including phenoxy) is 2. The second-order valence-electron chi connectivity index (χ2n) is 8.92. The van der Waals surface area contributed by atoms with Gasteiger partial charge in [-0.1, -0.05) is 13.8 Å². The summed E-state index contributed by atoms with van der Waals surface area (Å²) in [7, 11) is 0. The van der Waals surface area contributed by atoms with Crippen molar-refractivity contribution in [2.75, 3.05) is 26.2 Å². The molecule has 2 rings (SSSR count). The summed E-state index contributed by atoms with van der Waals surface area (Å²) in [5.41, 5.74) is 0. The van der Waals surface area contributed by atoms with Gasteiger partial charge in [0.1, 0.15) is 0 Å². The molecule has 2 heterocycles. The number of amides is 2. The van der Waals surface area contributed by atoms with E-state index in [4.69, 9.17) is 9.47 Å². The summed E-state index contributed by atoms with van der Waals surface area (Å²) in [5, 5.41) is 0. The molecule has 0 saturated carbocycles. The Morgan fingerprint density at radius 1 is 0.852 bits per heavy atom. The molecular formula is C21H38N2O4. The molecule has 0 bridgehead atoms. The second-order valence-corrected chi connectivity index (χ2v) is 8.92. The largest absolute Gasteiger partial charge is 0.372 e. The maximum absolute atomic E-state index is 13.1. The molecule has 5 atom stereocenters. The van der Waals surface area contributed by atoms with Crippen molar-refractivity contribution in [1.29, 1.82) is 0 Å². The molecule has 27 heavy (non-hydrogen) atoms. The van der Waals surface area contributed by atoms with E-state index in [1.54, 1.807) is 0 Å². The van der Waals surface area contributed by atoms with Crippen LogP contribution in [0.2, 0.25) is 0 Å². The van der Waals surface area contributed by atoms with Crippen LogP contribution in [0.15, 0.2) is 0 Å². The number of rotatable bonds is 6. The van der Waals surface area contributed by atoms with Crippen LogP contribution in [-0.2, 0) is 19.1 Å². The summed E-state index contributed by atoms with van der Waals surface area (Å²) in [6.45, 7) is 14.9. The van der Waals surface area contributed by atoms with E-state index in [0.29, 0.717) is 44.9 Å². The number of morpholine rings is 2. The minimum atomic E-state index is -0.0951. The molecule has 0 aromatic rings. The molecule has 0 radical (unpaired) electrons. The zero-order valence-corrected chi connectivity index (χ0v) is 17.9. The summed E-state index contributed by atoms with van der Waals surface area (Å²) in [6, 6.07) is 0. The Bertz CT molecular complexity index is 490. The van der Waals surface area contributed by atoms with Gasteiger partial charge in [0.15, 0.2) is 0 Å². The van der Waals surface area contributed by atoms with Crippen LogP contribution in [0.4, 0.5) is 0 Å². The molecule has 2 amide bonds. The lowest BCUT2D eigenvalue weighted by Crippen LogP contribution is -2.50. The quantitative estimate of drug-likeness (QED) is 0.709. The molecule has 0 spiro atoms. The van der Waals surface area contributed by atoms with Gasteiger partial charge in [0, 0.05) is 38.5 Å². The third-order valence-electron chi connectivity index (χ3n) is 5.32. The van der Waals surface area contributed by atoms with Crippen molar-refractivity contribution in [2.45, 2.75) is 85.2 Å². The molecular weight excluding hydrogens is 344 g/mol. The highest BCUT2D eigenvalue weighted by atomic mass is 16.5. The van der Waals surface area contributed by atoms with E-state index in [1.807, 2.05) is 37.5 Å². The monoisotopic (exact) mass is 382 g/mol. The molecule has 0 aromatic heterocycles. The van der Waals surface area contributed by atoms with Crippen molar-refractivity contribution in [3.8, 4) is 0 Å². The normalized spacial score (nSPS) is 30.5. The van der Waals surface area contributed by atoms with Crippen LogP contribution < -0.4 is 0 Å². The maximum Gasteiger partial charge on any atom is 0.225 e. The minimum absolute atomic E-state index is 0.0651.